The SMILES string of the molecule is Cn1c(CN2CCOCC2)cc(=O)c(O)c1CN1C[C@@]2(C)C[C@@H]1CC(C)(C)C2. The van der Waals surface area contributed by atoms with Gasteiger partial charge in [-0.1, -0.05) is 20.8 Å². The van der Waals surface area contributed by atoms with Gasteiger partial charge in [0, 0.05) is 57.6 Å². The molecule has 1 saturated carbocycles. The monoisotopic (exact) mass is 389 g/mol. The molecule has 1 aliphatic carbocycles. The number of aromatic hydroxyl groups is 1. The highest BCUT2D eigenvalue weighted by molar-refractivity contribution is 5.30. The van der Waals surface area contributed by atoms with Crippen molar-refractivity contribution in [2.45, 2.75) is 59.2 Å². The molecule has 3 heterocycles. The van der Waals surface area contributed by atoms with E-state index in [0.29, 0.717) is 23.4 Å². The van der Waals surface area contributed by atoms with Gasteiger partial charge in [0.2, 0.25) is 5.43 Å². The van der Waals surface area contributed by atoms with Gasteiger partial charge in [0.25, 0.3) is 0 Å². The van der Waals surface area contributed by atoms with Crippen LogP contribution in [0.5, 0.6) is 5.75 Å². The Morgan fingerprint density at radius 2 is 1.89 bits per heavy atom. The summed E-state index contributed by atoms with van der Waals surface area (Å²) in [6, 6.07) is 2.13. The number of aromatic nitrogens is 1. The van der Waals surface area contributed by atoms with Crippen molar-refractivity contribution < 1.29 is 9.84 Å². The number of likely N-dealkylation sites (tertiary alicyclic amines) is 1. The van der Waals surface area contributed by atoms with Gasteiger partial charge in [0.05, 0.1) is 18.9 Å². The Morgan fingerprint density at radius 1 is 1.18 bits per heavy atom. The second-order valence-corrected chi connectivity index (χ2v) is 10.4. The molecule has 1 aromatic rings. The Kier molecular flexibility index (Phi) is 5.09. The van der Waals surface area contributed by atoms with E-state index in [2.05, 4.69) is 30.6 Å². The minimum Gasteiger partial charge on any atom is -0.503 e. The van der Waals surface area contributed by atoms with Crippen LogP contribution in [0.25, 0.3) is 0 Å². The normalized spacial score (nSPS) is 30.6. The Labute approximate surface area is 168 Å². The highest BCUT2D eigenvalue weighted by atomic mass is 16.5. The summed E-state index contributed by atoms with van der Waals surface area (Å²) in [6.07, 6.45) is 3.65. The van der Waals surface area contributed by atoms with Crippen LogP contribution in [0.3, 0.4) is 0 Å². The quantitative estimate of drug-likeness (QED) is 0.857. The zero-order valence-electron chi connectivity index (χ0n) is 17.8. The van der Waals surface area contributed by atoms with Crippen LogP contribution in [0.1, 0.15) is 51.4 Å². The van der Waals surface area contributed by atoms with Gasteiger partial charge in [0.1, 0.15) is 0 Å². The number of pyridine rings is 1. The molecule has 2 atom stereocenters. The van der Waals surface area contributed by atoms with E-state index in [0.717, 1.165) is 50.8 Å². The van der Waals surface area contributed by atoms with E-state index in [1.807, 2.05) is 11.6 Å². The fraction of sp³-hybridized carbons (Fsp3) is 0.773. The summed E-state index contributed by atoms with van der Waals surface area (Å²) in [5, 5.41) is 10.6. The van der Waals surface area contributed by atoms with Gasteiger partial charge < -0.3 is 14.4 Å². The van der Waals surface area contributed by atoms with Gasteiger partial charge in [0.15, 0.2) is 5.75 Å². The molecule has 0 amide bonds. The lowest BCUT2D eigenvalue weighted by Gasteiger charge is -2.40. The van der Waals surface area contributed by atoms with Crippen LogP contribution in [-0.2, 0) is 24.9 Å². The molecule has 1 N–H and O–H groups in total. The fourth-order valence-corrected chi connectivity index (χ4v) is 6.07. The molecule has 2 aliphatic heterocycles. The van der Waals surface area contributed by atoms with Gasteiger partial charge in [-0.2, -0.15) is 0 Å². The minimum absolute atomic E-state index is 0.0842. The Balaban J connectivity index is 1.58. The zero-order valence-corrected chi connectivity index (χ0v) is 17.8. The molecule has 0 aromatic carbocycles. The summed E-state index contributed by atoms with van der Waals surface area (Å²) < 4.78 is 7.48. The smallest absolute Gasteiger partial charge is 0.223 e. The molecular formula is C22H35N3O3. The topological polar surface area (TPSA) is 57.9 Å². The van der Waals surface area contributed by atoms with Crippen LogP contribution in [0, 0.1) is 10.8 Å². The molecule has 4 rings (SSSR count). The lowest BCUT2D eigenvalue weighted by Crippen LogP contribution is -2.37. The largest absolute Gasteiger partial charge is 0.503 e. The molecule has 3 fully saturated rings. The molecule has 28 heavy (non-hydrogen) atoms. The predicted octanol–water partition coefficient (Wildman–Crippen LogP) is 2.32. The maximum atomic E-state index is 12.5. The van der Waals surface area contributed by atoms with Crippen molar-refractivity contribution in [2.24, 2.45) is 17.9 Å². The summed E-state index contributed by atoms with van der Waals surface area (Å²) >= 11 is 0. The molecule has 156 valence electrons. The van der Waals surface area contributed by atoms with Crippen LogP contribution in [-0.4, -0.2) is 58.4 Å². The van der Waals surface area contributed by atoms with Crippen molar-refractivity contribution in [1.82, 2.24) is 14.4 Å². The van der Waals surface area contributed by atoms with E-state index < -0.39 is 0 Å². The number of ether oxygens (including phenoxy) is 1. The van der Waals surface area contributed by atoms with Crippen molar-refractivity contribution in [1.29, 1.82) is 0 Å². The highest BCUT2D eigenvalue weighted by Crippen LogP contribution is 2.52. The standard InChI is InChI=1S/C22H35N3O3/c1-21(2)10-17-11-22(3,14-21)15-25(17)13-18-20(27)19(26)9-16(23(18)4)12-24-5-7-28-8-6-24/h9,17,27H,5-8,10-15H2,1-4H3/t17-,22-/m0/s1. The summed E-state index contributed by atoms with van der Waals surface area (Å²) in [7, 11) is 1.98. The maximum Gasteiger partial charge on any atom is 0.223 e. The first-order valence-electron chi connectivity index (χ1n) is 10.6. The highest BCUT2D eigenvalue weighted by Gasteiger charge is 2.49. The lowest BCUT2D eigenvalue weighted by atomic mass is 9.65. The average molecular weight is 390 g/mol. The molecule has 2 bridgehead atoms. The van der Waals surface area contributed by atoms with Gasteiger partial charge in [-0.15, -0.1) is 0 Å². The van der Waals surface area contributed by atoms with E-state index in [-0.39, 0.29) is 11.2 Å². The third-order valence-electron chi connectivity index (χ3n) is 7.01. The molecule has 6 nitrogen and oxygen atoms in total. The number of morpholine rings is 1. The predicted molar refractivity (Wildman–Crippen MR) is 109 cm³/mol. The summed E-state index contributed by atoms with van der Waals surface area (Å²) in [5.41, 5.74) is 2.16. The van der Waals surface area contributed by atoms with E-state index >= 15 is 0 Å². The van der Waals surface area contributed by atoms with Crippen molar-refractivity contribution in [3.05, 3.63) is 27.7 Å². The van der Waals surface area contributed by atoms with Crippen molar-refractivity contribution >= 4 is 0 Å². The number of hydrogen-bond donors (Lipinski definition) is 1. The average Bonchev–Trinajstić information content (AvgIpc) is 2.85. The Bertz CT molecular complexity index is 797. The third-order valence-corrected chi connectivity index (χ3v) is 7.01. The summed E-state index contributed by atoms with van der Waals surface area (Å²) in [6.45, 7) is 12.8. The van der Waals surface area contributed by atoms with Crippen LogP contribution >= 0.6 is 0 Å². The van der Waals surface area contributed by atoms with E-state index in [1.54, 1.807) is 6.07 Å². The van der Waals surface area contributed by atoms with Gasteiger partial charge in [-0.25, -0.2) is 0 Å². The molecule has 3 aliphatic rings. The second kappa shape index (κ2) is 7.15. The first-order chi connectivity index (χ1) is 13.2. The Morgan fingerprint density at radius 3 is 2.61 bits per heavy atom. The molecule has 0 unspecified atom stereocenters. The maximum absolute atomic E-state index is 12.5. The summed E-state index contributed by atoms with van der Waals surface area (Å²) in [5.74, 6) is -0.0842. The van der Waals surface area contributed by atoms with E-state index in [9.17, 15) is 9.90 Å². The van der Waals surface area contributed by atoms with Crippen molar-refractivity contribution in [3.8, 4) is 5.75 Å². The molecule has 6 heteroatoms. The first kappa shape index (κ1) is 19.9. The van der Waals surface area contributed by atoms with Crippen molar-refractivity contribution in [2.75, 3.05) is 32.8 Å². The van der Waals surface area contributed by atoms with Gasteiger partial charge in [-0.3, -0.25) is 14.6 Å². The molecule has 2 saturated heterocycles. The number of fused-ring (bicyclic) bond motifs is 2. The van der Waals surface area contributed by atoms with Crippen molar-refractivity contribution in [3.63, 3.8) is 0 Å². The van der Waals surface area contributed by atoms with E-state index in [1.165, 1.54) is 19.3 Å². The molecule has 0 radical (unpaired) electrons. The number of rotatable bonds is 4. The van der Waals surface area contributed by atoms with Crippen LogP contribution in [0.2, 0.25) is 0 Å². The fourth-order valence-electron chi connectivity index (χ4n) is 6.07. The summed E-state index contributed by atoms with van der Waals surface area (Å²) in [4.78, 5) is 17.3. The van der Waals surface area contributed by atoms with Gasteiger partial charge >= 0.3 is 0 Å². The molecule has 1 aromatic heterocycles. The van der Waals surface area contributed by atoms with Gasteiger partial charge in [-0.05, 0) is 30.1 Å². The second-order valence-electron chi connectivity index (χ2n) is 10.4. The Hall–Kier alpha value is -1.37. The van der Waals surface area contributed by atoms with Crippen LogP contribution in [0.15, 0.2) is 10.9 Å². The zero-order chi connectivity index (χ0) is 20.1. The number of hydrogen-bond acceptors (Lipinski definition) is 5. The number of nitrogens with zero attached hydrogens (tertiary/aromatic N) is 3. The van der Waals surface area contributed by atoms with E-state index in [4.69, 9.17) is 4.74 Å². The lowest BCUT2D eigenvalue weighted by molar-refractivity contribution is 0.0331. The molecule has 0 spiro atoms. The van der Waals surface area contributed by atoms with Crippen LogP contribution < -0.4 is 5.43 Å². The molecular weight excluding hydrogens is 354 g/mol. The first-order valence-corrected chi connectivity index (χ1v) is 10.6. The van der Waals surface area contributed by atoms with Crippen LogP contribution in [0.4, 0.5) is 0 Å². The third kappa shape index (κ3) is 3.87. The minimum atomic E-state index is -0.259.